The van der Waals surface area contributed by atoms with Gasteiger partial charge in [0.2, 0.25) is 0 Å². The number of rotatable bonds is 5. The molecule has 2 unspecified atom stereocenters. The summed E-state index contributed by atoms with van der Waals surface area (Å²) in [5.74, 6) is 0.395. The van der Waals surface area contributed by atoms with Crippen LogP contribution in [-0.4, -0.2) is 31.9 Å². The molecule has 1 saturated heterocycles. The molecule has 1 aromatic rings. The molecular weight excluding hydrogens is 267 g/mol. The fourth-order valence-corrected chi connectivity index (χ4v) is 3.16. The minimum Gasteiger partial charge on any atom is -0.396 e. The lowest BCUT2D eigenvalue weighted by atomic mass is 9.93. The van der Waals surface area contributed by atoms with Gasteiger partial charge in [-0.05, 0) is 69.3 Å². The van der Waals surface area contributed by atoms with Crippen LogP contribution in [0.5, 0.6) is 0 Å². The second kappa shape index (κ2) is 7.23. The maximum atomic E-state index is 13.9. The van der Waals surface area contributed by atoms with Crippen molar-refractivity contribution < 1.29 is 9.50 Å². The Labute approximate surface area is 127 Å². The van der Waals surface area contributed by atoms with Crippen molar-refractivity contribution in [3.63, 3.8) is 0 Å². The summed E-state index contributed by atoms with van der Waals surface area (Å²) in [7, 11) is 1.90. The van der Waals surface area contributed by atoms with Crippen molar-refractivity contribution in [2.45, 2.75) is 39.2 Å². The summed E-state index contributed by atoms with van der Waals surface area (Å²) >= 11 is 0. The molecule has 21 heavy (non-hydrogen) atoms. The van der Waals surface area contributed by atoms with Gasteiger partial charge in [-0.3, -0.25) is 0 Å². The topological polar surface area (TPSA) is 35.5 Å². The Morgan fingerprint density at radius 1 is 1.48 bits per heavy atom. The Hall–Kier alpha value is -1.13. The average Bonchev–Trinajstić information content (AvgIpc) is 2.49. The van der Waals surface area contributed by atoms with Gasteiger partial charge in [0.15, 0.2) is 0 Å². The van der Waals surface area contributed by atoms with E-state index in [1.807, 2.05) is 20.0 Å². The highest BCUT2D eigenvalue weighted by atomic mass is 19.1. The molecule has 0 saturated carbocycles. The second-order valence-corrected chi connectivity index (χ2v) is 6.14. The molecule has 0 aliphatic carbocycles. The van der Waals surface area contributed by atoms with Crippen molar-refractivity contribution in [2.75, 3.05) is 31.6 Å². The van der Waals surface area contributed by atoms with Crippen LogP contribution in [0.3, 0.4) is 0 Å². The van der Waals surface area contributed by atoms with Crippen LogP contribution >= 0.6 is 0 Å². The summed E-state index contributed by atoms with van der Waals surface area (Å²) in [6.07, 6.45) is 3.16. The molecular formula is C17H27FN2O. The van der Waals surface area contributed by atoms with Gasteiger partial charge in [-0.15, -0.1) is 0 Å². The quantitative estimate of drug-likeness (QED) is 0.876. The molecule has 3 nitrogen and oxygen atoms in total. The van der Waals surface area contributed by atoms with Gasteiger partial charge in [0, 0.05) is 31.4 Å². The predicted molar refractivity (Wildman–Crippen MR) is 85.3 cm³/mol. The number of nitrogens with zero attached hydrogens (tertiary/aromatic N) is 1. The second-order valence-electron chi connectivity index (χ2n) is 6.14. The molecule has 0 aromatic heterocycles. The SMILES string of the molecule is CNC(C)c1cc(F)c(C)cc1N1CCCC(CCO)C1. The first-order valence-electron chi connectivity index (χ1n) is 7.90. The molecule has 2 N–H and O–H groups in total. The highest BCUT2D eigenvalue weighted by molar-refractivity contribution is 5.57. The molecule has 1 aliphatic rings. The van der Waals surface area contributed by atoms with Gasteiger partial charge in [-0.2, -0.15) is 0 Å². The molecule has 0 radical (unpaired) electrons. The third-order valence-corrected chi connectivity index (χ3v) is 4.60. The summed E-state index contributed by atoms with van der Waals surface area (Å²) in [6.45, 7) is 6.09. The van der Waals surface area contributed by atoms with Crippen molar-refractivity contribution in [3.05, 3.63) is 29.1 Å². The molecule has 0 amide bonds. The van der Waals surface area contributed by atoms with Gasteiger partial charge >= 0.3 is 0 Å². The van der Waals surface area contributed by atoms with Crippen molar-refractivity contribution in [1.82, 2.24) is 5.32 Å². The van der Waals surface area contributed by atoms with Gasteiger partial charge in [-0.25, -0.2) is 4.39 Å². The first-order chi connectivity index (χ1) is 10.1. The normalized spacial score (nSPS) is 20.6. The summed E-state index contributed by atoms with van der Waals surface area (Å²) in [5, 5.41) is 12.4. The van der Waals surface area contributed by atoms with E-state index in [0.717, 1.165) is 37.2 Å². The average molecular weight is 294 g/mol. The van der Waals surface area contributed by atoms with Gasteiger partial charge < -0.3 is 15.3 Å². The Kier molecular flexibility index (Phi) is 5.59. The molecule has 2 atom stereocenters. The molecule has 1 aromatic carbocycles. The van der Waals surface area contributed by atoms with E-state index in [9.17, 15) is 4.39 Å². The number of aryl methyl sites for hydroxylation is 1. The number of anilines is 1. The first-order valence-corrected chi connectivity index (χ1v) is 7.90. The number of halogens is 1. The van der Waals surface area contributed by atoms with Gasteiger partial charge in [0.05, 0.1) is 0 Å². The fourth-order valence-electron chi connectivity index (χ4n) is 3.16. The summed E-state index contributed by atoms with van der Waals surface area (Å²) in [4.78, 5) is 2.36. The zero-order valence-corrected chi connectivity index (χ0v) is 13.3. The fraction of sp³-hybridized carbons (Fsp3) is 0.647. The van der Waals surface area contributed by atoms with Gasteiger partial charge in [-0.1, -0.05) is 0 Å². The van der Waals surface area contributed by atoms with Crippen molar-refractivity contribution >= 4 is 5.69 Å². The van der Waals surface area contributed by atoms with E-state index in [0.29, 0.717) is 11.5 Å². The molecule has 1 aliphatic heterocycles. The van der Waals surface area contributed by atoms with E-state index in [1.165, 1.54) is 6.42 Å². The summed E-state index contributed by atoms with van der Waals surface area (Å²) in [6, 6.07) is 3.76. The zero-order valence-electron chi connectivity index (χ0n) is 13.3. The van der Waals surface area contributed by atoms with Crippen LogP contribution in [0.1, 0.15) is 43.4 Å². The lowest BCUT2D eigenvalue weighted by Crippen LogP contribution is -2.37. The first kappa shape index (κ1) is 16.2. The molecule has 4 heteroatoms. The van der Waals surface area contributed by atoms with E-state index >= 15 is 0 Å². The summed E-state index contributed by atoms with van der Waals surface area (Å²) in [5.41, 5.74) is 2.85. The molecule has 0 bridgehead atoms. The third-order valence-electron chi connectivity index (χ3n) is 4.60. The zero-order chi connectivity index (χ0) is 15.4. The van der Waals surface area contributed by atoms with Crippen LogP contribution in [-0.2, 0) is 0 Å². The number of aliphatic hydroxyl groups excluding tert-OH is 1. The van der Waals surface area contributed by atoms with Gasteiger partial charge in [0.25, 0.3) is 0 Å². The number of piperidine rings is 1. The van der Waals surface area contributed by atoms with Crippen molar-refractivity contribution in [2.24, 2.45) is 5.92 Å². The van der Waals surface area contributed by atoms with E-state index in [-0.39, 0.29) is 18.5 Å². The Balaban J connectivity index is 2.30. The van der Waals surface area contributed by atoms with E-state index < -0.39 is 0 Å². The van der Waals surface area contributed by atoms with Gasteiger partial charge in [0.1, 0.15) is 5.82 Å². The predicted octanol–water partition coefficient (Wildman–Crippen LogP) is 3.01. The standard InChI is InChI=1S/C17H27FN2O/c1-12-9-17(15(10-16(12)18)13(2)19-3)20-7-4-5-14(11-20)6-8-21/h9-10,13-14,19,21H,4-8,11H2,1-3H3. The van der Waals surface area contributed by atoms with Crippen LogP contribution in [0.2, 0.25) is 0 Å². The summed E-state index contributed by atoms with van der Waals surface area (Å²) < 4.78 is 13.9. The highest BCUT2D eigenvalue weighted by Crippen LogP contribution is 2.32. The smallest absolute Gasteiger partial charge is 0.126 e. The Bertz CT molecular complexity index is 476. The highest BCUT2D eigenvalue weighted by Gasteiger charge is 2.23. The van der Waals surface area contributed by atoms with E-state index in [4.69, 9.17) is 5.11 Å². The van der Waals surface area contributed by atoms with Crippen LogP contribution in [0, 0.1) is 18.7 Å². The minimum absolute atomic E-state index is 0.119. The maximum Gasteiger partial charge on any atom is 0.126 e. The molecule has 0 spiro atoms. The Morgan fingerprint density at radius 2 is 2.24 bits per heavy atom. The maximum absolute atomic E-state index is 13.9. The van der Waals surface area contributed by atoms with Crippen LogP contribution in [0.4, 0.5) is 10.1 Å². The lowest BCUT2D eigenvalue weighted by molar-refractivity contribution is 0.244. The van der Waals surface area contributed by atoms with E-state index in [1.54, 1.807) is 6.07 Å². The van der Waals surface area contributed by atoms with Crippen LogP contribution in [0.25, 0.3) is 0 Å². The molecule has 1 heterocycles. The largest absolute Gasteiger partial charge is 0.396 e. The van der Waals surface area contributed by atoms with E-state index in [2.05, 4.69) is 17.1 Å². The molecule has 1 fully saturated rings. The molecule has 2 rings (SSSR count). The van der Waals surface area contributed by atoms with Crippen LogP contribution < -0.4 is 10.2 Å². The van der Waals surface area contributed by atoms with Crippen molar-refractivity contribution in [3.8, 4) is 0 Å². The monoisotopic (exact) mass is 294 g/mol. The number of benzene rings is 1. The number of hydrogen-bond donors (Lipinski definition) is 2. The number of nitrogens with one attached hydrogen (secondary N) is 1. The molecule has 118 valence electrons. The Morgan fingerprint density at radius 3 is 2.90 bits per heavy atom. The third kappa shape index (κ3) is 3.74. The van der Waals surface area contributed by atoms with Crippen molar-refractivity contribution in [1.29, 1.82) is 0 Å². The van der Waals surface area contributed by atoms with Crippen LogP contribution in [0.15, 0.2) is 12.1 Å². The lowest BCUT2D eigenvalue weighted by Gasteiger charge is -2.36. The number of aliphatic hydroxyl groups is 1. The minimum atomic E-state index is -0.139. The number of hydrogen-bond acceptors (Lipinski definition) is 3.